The molecule has 0 aliphatic carbocycles. The number of hydrogen-bond donors (Lipinski definition) is 2. The summed E-state index contributed by atoms with van der Waals surface area (Å²) in [5.41, 5.74) is 7.77. The predicted molar refractivity (Wildman–Crippen MR) is 92.4 cm³/mol. The summed E-state index contributed by atoms with van der Waals surface area (Å²) in [5.74, 6) is -2.33. The largest absolute Gasteiger partial charge is 0.490 e. The summed E-state index contributed by atoms with van der Waals surface area (Å²) in [4.78, 5) is 30.4. The van der Waals surface area contributed by atoms with Crippen molar-refractivity contribution in [3.05, 3.63) is 53.5 Å². The molecule has 11 heteroatoms. The normalized spacial score (nSPS) is 10.5. The number of nitrogens with zero attached hydrogens (tertiary/aromatic N) is 3. The first-order chi connectivity index (χ1) is 13.0. The number of ether oxygens (including phenoxy) is 1. The van der Waals surface area contributed by atoms with Gasteiger partial charge in [-0.25, -0.2) is 14.8 Å². The summed E-state index contributed by atoms with van der Waals surface area (Å²) in [6.45, 7) is 0.668. The van der Waals surface area contributed by atoms with Gasteiger partial charge < -0.3 is 20.5 Å². The van der Waals surface area contributed by atoms with Crippen molar-refractivity contribution in [3.63, 3.8) is 0 Å². The number of amides is 1. The highest BCUT2D eigenvalue weighted by atomic mass is 19.4. The maximum Gasteiger partial charge on any atom is 0.490 e. The summed E-state index contributed by atoms with van der Waals surface area (Å²) >= 11 is 0. The molecule has 1 aromatic heterocycles. The highest BCUT2D eigenvalue weighted by molar-refractivity contribution is 5.94. The Labute approximate surface area is 158 Å². The maximum absolute atomic E-state index is 11.9. The van der Waals surface area contributed by atoms with Crippen molar-refractivity contribution in [1.82, 2.24) is 14.9 Å². The predicted octanol–water partition coefficient (Wildman–Crippen LogP) is 1.85. The second-order valence-corrected chi connectivity index (χ2v) is 5.54. The van der Waals surface area contributed by atoms with Crippen LogP contribution in [0.2, 0.25) is 0 Å². The number of aromatic nitrogens is 2. The van der Waals surface area contributed by atoms with Crippen molar-refractivity contribution in [2.45, 2.75) is 19.3 Å². The molecule has 28 heavy (non-hydrogen) atoms. The monoisotopic (exact) mass is 400 g/mol. The Hall–Kier alpha value is -3.21. The zero-order chi connectivity index (χ0) is 21.3. The maximum atomic E-state index is 11.9. The van der Waals surface area contributed by atoms with E-state index in [4.69, 9.17) is 20.4 Å². The molecule has 0 fully saturated rings. The van der Waals surface area contributed by atoms with Gasteiger partial charge in [0.05, 0.1) is 5.69 Å². The fraction of sp³-hybridized carbons (Fsp3) is 0.294. The molecule has 0 atom stereocenters. The standard InChI is InChI=1S/C15H18N4O2.C2HF3O2/c1-19(2)15(20)12-5-3-4-11(6-12)9-21-14-7-13(8-16)17-10-18-14;3-2(4,5)1(6)7/h3-7,10H,8-9,16H2,1-2H3;(H,6,7). The van der Waals surface area contributed by atoms with E-state index in [1.165, 1.54) is 11.2 Å². The van der Waals surface area contributed by atoms with Gasteiger partial charge in [-0.3, -0.25) is 4.79 Å². The summed E-state index contributed by atoms with van der Waals surface area (Å²) in [6, 6.07) is 9.03. The van der Waals surface area contributed by atoms with E-state index in [1.807, 2.05) is 18.2 Å². The van der Waals surface area contributed by atoms with Crippen molar-refractivity contribution >= 4 is 11.9 Å². The Morgan fingerprint density at radius 2 is 1.86 bits per heavy atom. The smallest absolute Gasteiger partial charge is 0.475 e. The molecule has 2 rings (SSSR count). The van der Waals surface area contributed by atoms with Crippen molar-refractivity contribution < 1.29 is 32.6 Å². The lowest BCUT2D eigenvalue weighted by molar-refractivity contribution is -0.192. The SMILES string of the molecule is CN(C)C(=O)c1cccc(COc2cc(CN)ncn2)c1.O=C(O)C(F)(F)F. The van der Waals surface area contributed by atoms with E-state index in [1.54, 1.807) is 26.2 Å². The Kier molecular flexibility index (Phi) is 8.32. The first kappa shape index (κ1) is 22.8. The van der Waals surface area contributed by atoms with Gasteiger partial charge >= 0.3 is 12.1 Å². The highest BCUT2D eigenvalue weighted by Gasteiger charge is 2.38. The highest BCUT2D eigenvalue weighted by Crippen LogP contribution is 2.13. The van der Waals surface area contributed by atoms with E-state index in [2.05, 4.69) is 9.97 Å². The quantitative estimate of drug-likeness (QED) is 0.786. The number of carboxylic acids is 1. The zero-order valence-electron chi connectivity index (χ0n) is 15.1. The van der Waals surface area contributed by atoms with Crippen LogP contribution in [0.25, 0.3) is 0 Å². The molecule has 1 heterocycles. The van der Waals surface area contributed by atoms with Crippen LogP contribution in [-0.2, 0) is 17.9 Å². The van der Waals surface area contributed by atoms with Crippen LogP contribution >= 0.6 is 0 Å². The molecule has 0 saturated carbocycles. The number of halogens is 3. The van der Waals surface area contributed by atoms with Crippen molar-refractivity contribution in [2.24, 2.45) is 5.73 Å². The van der Waals surface area contributed by atoms with Gasteiger partial charge in [0.1, 0.15) is 12.9 Å². The number of rotatable bonds is 5. The molecular weight excluding hydrogens is 381 g/mol. The molecule has 0 aliphatic heterocycles. The van der Waals surface area contributed by atoms with Gasteiger partial charge in [0.15, 0.2) is 0 Å². The van der Waals surface area contributed by atoms with Gasteiger partial charge in [-0.2, -0.15) is 13.2 Å². The molecule has 152 valence electrons. The van der Waals surface area contributed by atoms with Crippen LogP contribution in [0.15, 0.2) is 36.7 Å². The minimum atomic E-state index is -5.08. The molecule has 8 nitrogen and oxygen atoms in total. The first-order valence-corrected chi connectivity index (χ1v) is 7.79. The number of carbonyl (C=O) groups excluding carboxylic acids is 1. The van der Waals surface area contributed by atoms with E-state index in [0.717, 1.165) is 11.3 Å². The lowest BCUT2D eigenvalue weighted by atomic mass is 10.1. The topological polar surface area (TPSA) is 119 Å². The summed E-state index contributed by atoms with van der Waals surface area (Å²) in [6.07, 6.45) is -3.66. The third-order valence-electron chi connectivity index (χ3n) is 3.12. The average Bonchev–Trinajstić information content (AvgIpc) is 2.65. The van der Waals surface area contributed by atoms with Crippen LogP contribution in [0.5, 0.6) is 5.88 Å². The third kappa shape index (κ3) is 7.58. The van der Waals surface area contributed by atoms with Crippen LogP contribution < -0.4 is 10.5 Å². The molecule has 0 bridgehead atoms. The van der Waals surface area contributed by atoms with E-state index >= 15 is 0 Å². The molecule has 2 aromatic rings. The fourth-order valence-electron chi connectivity index (χ4n) is 1.78. The molecule has 0 radical (unpaired) electrons. The van der Waals surface area contributed by atoms with Crippen LogP contribution in [0, 0.1) is 0 Å². The van der Waals surface area contributed by atoms with E-state index in [9.17, 15) is 18.0 Å². The fourth-order valence-corrected chi connectivity index (χ4v) is 1.78. The number of carbonyl (C=O) groups is 2. The second-order valence-electron chi connectivity index (χ2n) is 5.54. The number of alkyl halides is 3. The summed E-state index contributed by atoms with van der Waals surface area (Å²) in [7, 11) is 3.45. The van der Waals surface area contributed by atoms with Crippen molar-refractivity contribution in [1.29, 1.82) is 0 Å². The number of aliphatic carboxylic acids is 1. The minimum Gasteiger partial charge on any atom is -0.475 e. The third-order valence-corrected chi connectivity index (χ3v) is 3.12. The Bertz CT molecular complexity index is 813. The molecule has 0 unspecified atom stereocenters. The van der Waals surface area contributed by atoms with Gasteiger partial charge in [-0.15, -0.1) is 0 Å². The molecule has 0 spiro atoms. The van der Waals surface area contributed by atoms with Gasteiger partial charge in [-0.1, -0.05) is 12.1 Å². The van der Waals surface area contributed by atoms with Gasteiger partial charge in [0.25, 0.3) is 5.91 Å². The number of nitrogens with two attached hydrogens (primary N) is 1. The van der Waals surface area contributed by atoms with Crippen LogP contribution in [0.3, 0.4) is 0 Å². The molecule has 0 saturated heterocycles. The van der Waals surface area contributed by atoms with Crippen molar-refractivity contribution in [2.75, 3.05) is 14.1 Å². The van der Waals surface area contributed by atoms with Gasteiger partial charge in [0, 0.05) is 32.3 Å². The minimum absolute atomic E-state index is 0.0377. The second kappa shape index (κ2) is 10.2. The molecule has 1 aromatic carbocycles. The molecule has 1 amide bonds. The van der Waals surface area contributed by atoms with Crippen LogP contribution in [0.1, 0.15) is 21.6 Å². The number of hydrogen-bond acceptors (Lipinski definition) is 6. The molecule has 0 aliphatic rings. The molecule has 3 N–H and O–H groups in total. The lowest BCUT2D eigenvalue weighted by Gasteiger charge is -2.11. The number of benzene rings is 1. The van der Waals surface area contributed by atoms with E-state index in [0.29, 0.717) is 24.6 Å². The van der Waals surface area contributed by atoms with Crippen LogP contribution in [0.4, 0.5) is 13.2 Å². The Balaban J connectivity index is 0.000000480. The molecular formula is C17H19F3N4O4. The Morgan fingerprint density at radius 1 is 1.21 bits per heavy atom. The van der Waals surface area contributed by atoms with Gasteiger partial charge in [0.2, 0.25) is 5.88 Å². The van der Waals surface area contributed by atoms with E-state index < -0.39 is 12.1 Å². The number of carboxylic acid groups (broad SMARTS) is 1. The summed E-state index contributed by atoms with van der Waals surface area (Å²) < 4.78 is 37.3. The van der Waals surface area contributed by atoms with E-state index in [-0.39, 0.29) is 5.91 Å². The average molecular weight is 400 g/mol. The zero-order valence-corrected chi connectivity index (χ0v) is 15.1. The first-order valence-electron chi connectivity index (χ1n) is 7.79. The summed E-state index contributed by atoms with van der Waals surface area (Å²) in [5, 5.41) is 7.12. The Morgan fingerprint density at radius 3 is 2.39 bits per heavy atom. The van der Waals surface area contributed by atoms with Crippen molar-refractivity contribution in [3.8, 4) is 5.88 Å². The van der Waals surface area contributed by atoms with Crippen LogP contribution in [-0.4, -0.2) is 52.1 Å². The lowest BCUT2D eigenvalue weighted by Crippen LogP contribution is -2.21. The van der Waals surface area contributed by atoms with Gasteiger partial charge in [-0.05, 0) is 17.7 Å².